The first-order valence-corrected chi connectivity index (χ1v) is 11.8. The van der Waals surface area contributed by atoms with Crippen molar-refractivity contribution in [1.29, 1.82) is 0 Å². The number of urea groups is 1. The molecule has 2 amide bonds. The molecule has 1 aliphatic heterocycles. The molecule has 0 bridgehead atoms. The number of aromatic nitrogens is 2. The quantitative estimate of drug-likeness (QED) is 0.726. The predicted octanol–water partition coefficient (Wildman–Crippen LogP) is 3.11. The molecule has 8 nitrogen and oxygen atoms in total. The third kappa shape index (κ3) is 3.65. The molecule has 176 valence electrons. The highest BCUT2D eigenvalue weighted by molar-refractivity contribution is 5.95. The Morgan fingerprint density at radius 3 is 2.18 bits per heavy atom. The summed E-state index contributed by atoms with van der Waals surface area (Å²) in [6, 6.07) is 10.2. The summed E-state index contributed by atoms with van der Waals surface area (Å²) in [5, 5.41) is 20.5. The van der Waals surface area contributed by atoms with Crippen LogP contribution in [0, 0.1) is 0 Å². The molecule has 2 heterocycles. The van der Waals surface area contributed by atoms with Gasteiger partial charge in [0.1, 0.15) is 0 Å². The molecule has 1 aromatic heterocycles. The molecule has 1 saturated heterocycles. The first-order chi connectivity index (χ1) is 15.8. The number of nitrogens with zero attached hydrogens (tertiary/aromatic N) is 5. The Balaban J connectivity index is 1.46. The third-order valence-corrected chi connectivity index (χ3v) is 8.33. The van der Waals surface area contributed by atoms with E-state index >= 15 is 0 Å². The number of rotatable bonds is 5. The lowest BCUT2D eigenvalue weighted by molar-refractivity contribution is -0.0725. The van der Waals surface area contributed by atoms with E-state index in [0.29, 0.717) is 18.8 Å². The minimum absolute atomic E-state index is 0.0797. The summed E-state index contributed by atoms with van der Waals surface area (Å²) in [4.78, 5) is 27.4. The molecule has 33 heavy (non-hydrogen) atoms. The van der Waals surface area contributed by atoms with E-state index in [-0.39, 0.29) is 23.1 Å². The number of amides is 2. The van der Waals surface area contributed by atoms with Gasteiger partial charge in [-0.1, -0.05) is 30.3 Å². The summed E-state index contributed by atoms with van der Waals surface area (Å²) in [6.45, 7) is 0.899. The Hall–Kier alpha value is -2.71. The van der Waals surface area contributed by atoms with Crippen LogP contribution in [0.4, 0.5) is 10.5 Å². The van der Waals surface area contributed by atoms with Crippen molar-refractivity contribution in [1.82, 2.24) is 19.8 Å². The van der Waals surface area contributed by atoms with Crippen LogP contribution in [0.25, 0.3) is 0 Å². The van der Waals surface area contributed by atoms with Gasteiger partial charge in [-0.15, -0.1) is 0 Å². The molecule has 3 fully saturated rings. The minimum atomic E-state index is -0.792. The monoisotopic (exact) mass is 451 g/mol. The molecule has 2 aromatic rings. The van der Waals surface area contributed by atoms with E-state index in [9.17, 15) is 15.0 Å². The lowest BCUT2D eigenvalue weighted by Crippen LogP contribution is -2.59. The van der Waals surface area contributed by atoms with Crippen molar-refractivity contribution >= 4 is 11.7 Å². The largest absolute Gasteiger partial charge is 0.479 e. The lowest BCUT2D eigenvalue weighted by Gasteiger charge is -2.52. The number of benzene rings is 1. The fourth-order valence-corrected chi connectivity index (χ4v) is 6.02. The van der Waals surface area contributed by atoms with Gasteiger partial charge in [-0.25, -0.2) is 14.8 Å². The number of aliphatic hydroxyl groups is 1. The normalized spacial score (nSPS) is 29.0. The summed E-state index contributed by atoms with van der Waals surface area (Å²) in [5.41, 5.74) is 0.660. The number of aromatic hydroxyl groups is 1. The van der Waals surface area contributed by atoms with Crippen LogP contribution in [0.2, 0.25) is 0 Å². The second-order valence-corrected chi connectivity index (χ2v) is 10.3. The maximum Gasteiger partial charge on any atom is 0.325 e. The van der Waals surface area contributed by atoms with E-state index in [1.54, 1.807) is 4.90 Å². The molecule has 2 saturated carbocycles. The number of hydrogen-bond donors (Lipinski definition) is 2. The topological polar surface area (TPSA) is 93.0 Å². The standard InChI is InChI=1S/C25H33N5O3/c1-28(2)25(19-7-4-3-5-8-19)13-11-23(12-14-25)17-29(20-15-26-21(31)27-16-20)22(32)30(23)18-24(33)9-6-10-24/h3-5,7-8,15-16,33H,6,9-14,17-18H2,1-2H3,(H,26,27,31)/t23-,25-. The SMILES string of the molecule is CN(C)[C@]1(c2ccccc2)CC[C@@]2(CC1)CN(c1cnc(O)nc1)C(=O)N2CC1(O)CCC1. The van der Waals surface area contributed by atoms with Crippen molar-refractivity contribution < 1.29 is 15.0 Å². The fraction of sp³-hybridized carbons (Fsp3) is 0.560. The molecule has 1 spiro atoms. The number of anilines is 1. The van der Waals surface area contributed by atoms with Crippen LogP contribution >= 0.6 is 0 Å². The summed E-state index contributed by atoms with van der Waals surface area (Å²) in [6.07, 6.45) is 8.99. The van der Waals surface area contributed by atoms with Crippen molar-refractivity contribution in [3.8, 4) is 6.01 Å². The van der Waals surface area contributed by atoms with Crippen LogP contribution in [-0.2, 0) is 5.54 Å². The third-order valence-electron chi connectivity index (χ3n) is 8.33. The Kier molecular flexibility index (Phi) is 5.33. The highest BCUT2D eigenvalue weighted by atomic mass is 16.3. The summed E-state index contributed by atoms with van der Waals surface area (Å²) >= 11 is 0. The molecular formula is C25H33N5O3. The Bertz CT molecular complexity index is 998. The Labute approximate surface area is 194 Å². The van der Waals surface area contributed by atoms with Gasteiger partial charge in [0.15, 0.2) is 0 Å². The molecule has 5 rings (SSSR count). The molecular weight excluding hydrogens is 418 g/mol. The average molecular weight is 452 g/mol. The summed E-state index contributed by atoms with van der Waals surface area (Å²) in [5.74, 6) is 0. The molecule has 2 N–H and O–H groups in total. The van der Waals surface area contributed by atoms with Crippen molar-refractivity contribution in [2.24, 2.45) is 0 Å². The van der Waals surface area contributed by atoms with E-state index in [4.69, 9.17) is 0 Å². The zero-order valence-electron chi connectivity index (χ0n) is 19.4. The number of carbonyl (C=O) groups excluding carboxylic acids is 1. The van der Waals surface area contributed by atoms with E-state index in [1.807, 2.05) is 11.0 Å². The second kappa shape index (κ2) is 7.95. The maximum atomic E-state index is 13.7. The predicted molar refractivity (Wildman–Crippen MR) is 125 cm³/mol. The van der Waals surface area contributed by atoms with Crippen LogP contribution in [0.1, 0.15) is 50.5 Å². The minimum Gasteiger partial charge on any atom is -0.479 e. The van der Waals surface area contributed by atoms with Crippen molar-refractivity contribution in [2.75, 3.05) is 32.1 Å². The maximum absolute atomic E-state index is 13.7. The van der Waals surface area contributed by atoms with Gasteiger partial charge in [0, 0.05) is 5.54 Å². The lowest BCUT2D eigenvalue weighted by atomic mass is 9.67. The van der Waals surface area contributed by atoms with E-state index < -0.39 is 5.60 Å². The van der Waals surface area contributed by atoms with Crippen LogP contribution in [0.5, 0.6) is 6.01 Å². The van der Waals surface area contributed by atoms with Gasteiger partial charge in [0.05, 0.1) is 42.3 Å². The van der Waals surface area contributed by atoms with Crippen molar-refractivity contribution in [3.63, 3.8) is 0 Å². The smallest absolute Gasteiger partial charge is 0.325 e. The van der Waals surface area contributed by atoms with Crippen molar-refractivity contribution in [2.45, 2.75) is 61.6 Å². The second-order valence-electron chi connectivity index (χ2n) is 10.3. The van der Waals surface area contributed by atoms with E-state index in [2.05, 4.69) is 53.2 Å². The first-order valence-electron chi connectivity index (χ1n) is 11.8. The van der Waals surface area contributed by atoms with E-state index in [1.165, 1.54) is 18.0 Å². The highest BCUT2D eigenvalue weighted by Gasteiger charge is 2.56. The summed E-state index contributed by atoms with van der Waals surface area (Å²) < 4.78 is 0. The van der Waals surface area contributed by atoms with Gasteiger partial charge >= 0.3 is 12.0 Å². The average Bonchev–Trinajstić information content (AvgIpc) is 3.06. The Morgan fingerprint density at radius 2 is 1.64 bits per heavy atom. The van der Waals surface area contributed by atoms with Gasteiger partial charge in [-0.3, -0.25) is 9.80 Å². The molecule has 8 heteroatoms. The number of carbonyl (C=O) groups is 1. The molecule has 3 aliphatic rings. The molecule has 0 atom stereocenters. The first kappa shape index (κ1) is 22.1. The molecule has 0 unspecified atom stereocenters. The molecule has 2 aliphatic carbocycles. The zero-order chi connectivity index (χ0) is 23.3. The van der Waals surface area contributed by atoms with Crippen LogP contribution in [0.15, 0.2) is 42.7 Å². The van der Waals surface area contributed by atoms with Gasteiger partial charge in [0.2, 0.25) is 0 Å². The van der Waals surface area contributed by atoms with Crippen LogP contribution in [-0.4, -0.2) is 74.3 Å². The van der Waals surface area contributed by atoms with Gasteiger partial charge in [0.25, 0.3) is 0 Å². The van der Waals surface area contributed by atoms with Crippen LogP contribution in [0.3, 0.4) is 0 Å². The highest BCUT2D eigenvalue weighted by Crippen LogP contribution is 2.50. The number of β-amino-alcohol motifs (C(OH)–C–C–N with tert-alkyl or cyclic N) is 1. The van der Waals surface area contributed by atoms with Gasteiger partial charge < -0.3 is 15.1 Å². The Morgan fingerprint density at radius 1 is 1.00 bits per heavy atom. The zero-order valence-corrected chi connectivity index (χ0v) is 19.4. The summed E-state index contributed by atoms with van der Waals surface area (Å²) in [7, 11) is 4.28. The van der Waals surface area contributed by atoms with Gasteiger partial charge in [-0.05, 0) is 64.6 Å². The molecule has 0 radical (unpaired) electrons. The fourth-order valence-electron chi connectivity index (χ4n) is 6.02. The number of hydrogen-bond acceptors (Lipinski definition) is 6. The van der Waals surface area contributed by atoms with Crippen LogP contribution < -0.4 is 4.90 Å². The van der Waals surface area contributed by atoms with Crippen molar-refractivity contribution in [3.05, 3.63) is 48.3 Å². The molecule has 1 aromatic carbocycles. The van der Waals surface area contributed by atoms with Gasteiger partial charge in [-0.2, -0.15) is 0 Å². The van der Waals surface area contributed by atoms with E-state index in [0.717, 1.165) is 44.9 Å².